The van der Waals surface area contributed by atoms with Crippen LogP contribution in [-0.4, -0.2) is 47.1 Å². The van der Waals surface area contributed by atoms with Gasteiger partial charge in [-0.05, 0) is 18.9 Å². The van der Waals surface area contributed by atoms with E-state index in [1.807, 2.05) is 13.8 Å². The predicted molar refractivity (Wildman–Crippen MR) is 78.7 cm³/mol. The van der Waals surface area contributed by atoms with Crippen molar-refractivity contribution in [2.75, 3.05) is 0 Å². The molecule has 0 aliphatic carbocycles. The van der Waals surface area contributed by atoms with Crippen LogP contribution in [0.2, 0.25) is 0 Å². The van der Waals surface area contributed by atoms with Gasteiger partial charge in [0.15, 0.2) is 6.10 Å². The van der Waals surface area contributed by atoms with Crippen molar-refractivity contribution in [2.24, 2.45) is 5.73 Å². The van der Waals surface area contributed by atoms with E-state index in [1.165, 1.54) is 13.0 Å². The summed E-state index contributed by atoms with van der Waals surface area (Å²) in [6, 6.07) is -1.71. The van der Waals surface area contributed by atoms with Crippen LogP contribution in [-0.2, 0) is 19.1 Å². The molecule has 1 aliphatic rings. The van der Waals surface area contributed by atoms with Crippen molar-refractivity contribution in [3.05, 3.63) is 11.8 Å². The van der Waals surface area contributed by atoms with E-state index in [0.717, 1.165) is 12.8 Å². The van der Waals surface area contributed by atoms with Crippen molar-refractivity contribution in [1.82, 2.24) is 10.6 Å². The molecule has 22 heavy (non-hydrogen) atoms. The Bertz CT molecular complexity index is 473. The zero-order valence-corrected chi connectivity index (χ0v) is 13.0. The van der Waals surface area contributed by atoms with Gasteiger partial charge in [-0.1, -0.05) is 13.8 Å². The van der Waals surface area contributed by atoms with Crippen molar-refractivity contribution in [3.63, 3.8) is 0 Å². The monoisotopic (exact) mass is 313 g/mol. The van der Waals surface area contributed by atoms with E-state index in [1.54, 1.807) is 0 Å². The Hall–Kier alpha value is -2.09. The first-order valence-electron chi connectivity index (χ1n) is 7.24. The summed E-state index contributed by atoms with van der Waals surface area (Å²) in [4.78, 5) is 34.7. The number of rotatable bonds is 6. The minimum Gasteiger partial charge on any atom is -0.475 e. The molecule has 0 aromatic carbocycles. The van der Waals surface area contributed by atoms with Gasteiger partial charge < -0.3 is 26.2 Å². The first-order valence-corrected chi connectivity index (χ1v) is 7.24. The number of carbonyl (C=O) groups is 3. The highest BCUT2D eigenvalue weighted by Gasteiger charge is 2.40. The molecule has 1 aliphatic heterocycles. The zero-order chi connectivity index (χ0) is 16.9. The fraction of sp³-hybridized carbons (Fsp3) is 0.643. The molecule has 0 fully saturated rings. The second-order valence-corrected chi connectivity index (χ2v) is 5.20. The van der Waals surface area contributed by atoms with Crippen LogP contribution in [0.3, 0.4) is 0 Å². The number of nitrogens with two attached hydrogens (primary N) is 1. The number of aliphatic carboxylic acids is 1. The Morgan fingerprint density at radius 3 is 2.41 bits per heavy atom. The molecule has 1 rings (SSSR count). The first-order chi connectivity index (χ1) is 10.3. The Labute approximate surface area is 129 Å². The standard InChI is InChI=1S/C14H23N3O5/c1-4-8(5-2)17-13(19)12-11(16-7(3)18)9(15)6-10(22-12)14(20)21/h6,8-9,11-12H,4-5,15H2,1-3H3,(H,16,18)(H,17,19)(H,20,21)/t9?,11-,12-/m1/s1. The highest BCUT2D eigenvalue weighted by atomic mass is 16.5. The van der Waals surface area contributed by atoms with Crippen LogP contribution >= 0.6 is 0 Å². The summed E-state index contributed by atoms with van der Waals surface area (Å²) in [6.45, 7) is 5.14. The maximum atomic E-state index is 12.4. The molecular formula is C14H23N3O5. The zero-order valence-electron chi connectivity index (χ0n) is 13.0. The summed E-state index contributed by atoms with van der Waals surface area (Å²) in [7, 11) is 0. The quantitative estimate of drug-likeness (QED) is 0.522. The lowest BCUT2D eigenvalue weighted by atomic mass is 9.97. The van der Waals surface area contributed by atoms with Crippen LogP contribution < -0.4 is 16.4 Å². The highest BCUT2D eigenvalue weighted by Crippen LogP contribution is 2.18. The third-order valence-electron chi connectivity index (χ3n) is 3.51. The van der Waals surface area contributed by atoms with Crippen LogP contribution in [0.1, 0.15) is 33.6 Å². The van der Waals surface area contributed by atoms with Crippen LogP contribution in [0.15, 0.2) is 11.8 Å². The molecule has 0 aromatic heterocycles. The fourth-order valence-electron chi connectivity index (χ4n) is 2.25. The summed E-state index contributed by atoms with van der Waals surface area (Å²) in [6.07, 6.45) is 1.46. The van der Waals surface area contributed by atoms with Crippen molar-refractivity contribution in [1.29, 1.82) is 0 Å². The van der Waals surface area contributed by atoms with Crippen molar-refractivity contribution in [3.8, 4) is 0 Å². The third kappa shape index (κ3) is 4.45. The number of carbonyl (C=O) groups excluding carboxylic acids is 2. The molecular weight excluding hydrogens is 290 g/mol. The molecule has 8 nitrogen and oxygen atoms in total. The summed E-state index contributed by atoms with van der Waals surface area (Å²) in [5, 5.41) is 14.4. The summed E-state index contributed by atoms with van der Waals surface area (Å²) < 4.78 is 5.24. The number of nitrogens with one attached hydrogen (secondary N) is 2. The SMILES string of the molecule is CCC(CC)NC(=O)[C@@H]1OC(C(=O)O)=CC(N)[C@H]1NC(C)=O. The highest BCUT2D eigenvalue weighted by molar-refractivity contribution is 5.88. The van der Waals surface area contributed by atoms with Gasteiger partial charge >= 0.3 is 5.97 Å². The molecule has 0 saturated carbocycles. The Morgan fingerprint density at radius 1 is 1.36 bits per heavy atom. The number of ether oxygens (including phenoxy) is 1. The van der Waals surface area contributed by atoms with Crippen LogP contribution in [0.5, 0.6) is 0 Å². The smallest absolute Gasteiger partial charge is 0.370 e. The minimum atomic E-state index is -1.31. The van der Waals surface area contributed by atoms with Gasteiger partial charge in [0.2, 0.25) is 11.7 Å². The predicted octanol–water partition coefficient (Wildman–Crippen LogP) is -0.509. The number of hydrogen-bond acceptors (Lipinski definition) is 5. The van der Waals surface area contributed by atoms with Gasteiger partial charge in [-0.2, -0.15) is 0 Å². The van der Waals surface area contributed by atoms with Crippen LogP contribution in [0.25, 0.3) is 0 Å². The topological polar surface area (TPSA) is 131 Å². The molecule has 5 N–H and O–H groups in total. The average molecular weight is 313 g/mol. The van der Waals surface area contributed by atoms with Crippen LogP contribution in [0.4, 0.5) is 0 Å². The molecule has 0 aromatic rings. The molecule has 0 spiro atoms. The maximum absolute atomic E-state index is 12.4. The van der Waals surface area contributed by atoms with E-state index < -0.39 is 35.8 Å². The van der Waals surface area contributed by atoms with E-state index in [-0.39, 0.29) is 11.9 Å². The molecule has 8 heteroatoms. The van der Waals surface area contributed by atoms with Gasteiger partial charge in [-0.25, -0.2) is 4.79 Å². The van der Waals surface area contributed by atoms with E-state index in [2.05, 4.69) is 10.6 Å². The first kappa shape index (κ1) is 18.0. The lowest BCUT2D eigenvalue weighted by molar-refractivity contribution is -0.143. The average Bonchev–Trinajstić information content (AvgIpc) is 2.45. The lowest BCUT2D eigenvalue weighted by Crippen LogP contribution is -2.61. The largest absolute Gasteiger partial charge is 0.475 e. The third-order valence-corrected chi connectivity index (χ3v) is 3.51. The van der Waals surface area contributed by atoms with E-state index >= 15 is 0 Å². The Morgan fingerprint density at radius 2 is 1.95 bits per heavy atom. The molecule has 0 bridgehead atoms. The molecule has 1 heterocycles. The van der Waals surface area contributed by atoms with Crippen molar-refractivity contribution >= 4 is 17.8 Å². The maximum Gasteiger partial charge on any atom is 0.370 e. The molecule has 124 valence electrons. The van der Waals surface area contributed by atoms with Gasteiger partial charge in [0.25, 0.3) is 5.91 Å². The molecule has 3 atom stereocenters. The second-order valence-electron chi connectivity index (χ2n) is 5.20. The summed E-state index contributed by atoms with van der Waals surface area (Å²) in [5.74, 6) is -2.57. The van der Waals surface area contributed by atoms with E-state index in [0.29, 0.717) is 0 Å². The number of carboxylic acid groups (broad SMARTS) is 1. The number of amides is 2. The van der Waals surface area contributed by atoms with Gasteiger partial charge in [-0.3, -0.25) is 9.59 Å². The number of hydrogen-bond donors (Lipinski definition) is 4. The minimum absolute atomic E-state index is 0.0514. The number of carboxylic acids is 1. The summed E-state index contributed by atoms with van der Waals surface area (Å²) >= 11 is 0. The Kier molecular flexibility index (Phi) is 6.36. The molecule has 0 saturated heterocycles. The van der Waals surface area contributed by atoms with E-state index in [9.17, 15) is 14.4 Å². The van der Waals surface area contributed by atoms with Crippen molar-refractivity contribution < 1.29 is 24.2 Å². The van der Waals surface area contributed by atoms with Gasteiger partial charge in [0.1, 0.15) is 0 Å². The second kappa shape index (κ2) is 7.79. The lowest BCUT2D eigenvalue weighted by Gasteiger charge is -2.34. The Balaban J connectivity index is 2.99. The fourth-order valence-corrected chi connectivity index (χ4v) is 2.25. The summed E-state index contributed by atoms with van der Waals surface area (Å²) in [5.41, 5.74) is 5.87. The van der Waals surface area contributed by atoms with Crippen LogP contribution in [0, 0.1) is 0 Å². The molecule has 0 radical (unpaired) electrons. The van der Waals surface area contributed by atoms with Gasteiger partial charge in [0.05, 0.1) is 12.1 Å². The van der Waals surface area contributed by atoms with Crippen molar-refractivity contribution in [2.45, 2.75) is 57.8 Å². The van der Waals surface area contributed by atoms with E-state index in [4.69, 9.17) is 15.6 Å². The normalized spacial score (nSPS) is 24.2. The molecule has 2 amide bonds. The van der Waals surface area contributed by atoms with Gasteiger partial charge in [-0.15, -0.1) is 0 Å². The van der Waals surface area contributed by atoms with Gasteiger partial charge in [0, 0.05) is 13.0 Å². The molecule has 1 unspecified atom stereocenters.